The number of nitrogens with zero attached hydrogens (tertiary/aromatic N) is 2. The Bertz CT molecular complexity index is 509. The highest BCUT2D eigenvalue weighted by Gasteiger charge is 2.40. The van der Waals surface area contributed by atoms with Gasteiger partial charge in [0.05, 0.1) is 19.8 Å². The van der Waals surface area contributed by atoms with Crippen LogP contribution in [-0.4, -0.2) is 38.3 Å². The summed E-state index contributed by atoms with van der Waals surface area (Å²) in [5, 5.41) is 8.64. The predicted molar refractivity (Wildman–Crippen MR) is 76.0 cm³/mol. The average molecular weight is 272 g/mol. The van der Waals surface area contributed by atoms with Crippen LogP contribution >= 0.6 is 0 Å². The number of ether oxygens (including phenoxy) is 2. The van der Waals surface area contributed by atoms with E-state index in [1.165, 1.54) is 5.56 Å². The first-order valence-electron chi connectivity index (χ1n) is 7.22. The molecule has 0 spiro atoms. The molecule has 0 saturated carbocycles. The van der Waals surface area contributed by atoms with Crippen molar-refractivity contribution in [2.24, 2.45) is 5.92 Å². The van der Waals surface area contributed by atoms with Crippen LogP contribution in [0.4, 0.5) is 0 Å². The van der Waals surface area contributed by atoms with Gasteiger partial charge < -0.3 is 14.4 Å². The summed E-state index contributed by atoms with van der Waals surface area (Å²) < 4.78 is 11.4. The molecule has 1 saturated heterocycles. The van der Waals surface area contributed by atoms with Gasteiger partial charge in [0.2, 0.25) is 0 Å². The number of hydrogen-bond acceptors (Lipinski definition) is 4. The maximum absolute atomic E-state index is 8.64. The lowest BCUT2D eigenvalue weighted by atomic mass is 9.86. The summed E-state index contributed by atoms with van der Waals surface area (Å²) in [7, 11) is 1.72. The Morgan fingerprint density at radius 2 is 2.35 bits per heavy atom. The van der Waals surface area contributed by atoms with E-state index < -0.39 is 0 Å². The fraction of sp³-hybridized carbons (Fsp3) is 0.562. The van der Waals surface area contributed by atoms with E-state index in [0.717, 1.165) is 44.2 Å². The maximum atomic E-state index is 8.64. The largest absolute Gasteiger partial charge is 0.496 e. The highest BCUT2D eigenvalue weighted by molar-refractivity contribution is 5.49. The lowest BCUT2D eigenvalue weighted by molar-refractivity contribution is 0.209. The third-order valence-corrected chi connectivity index (χ3v) is 4.35. The van der Waals surface area contributed by atoms with Crippen molar-refractivity contribution in [1.82, 2.24) is 4.90 Å². The van der Waals surface area contributed by atoms with Gasteiger partial charge in [0.15, 0.2) is 0 Å². The first-order chi connectivity index (χ1) is 9.83. The monoisotopic (exact) mass is 272 g/mol. The Morgan fingerprint density at radius 3 is 3.15 bits per heavy atom. The van der Waals surface area contributed by atoms with Crippen LogP contribution in [0.5, 0.6) is 11.5 Å². The molecule has 1 fully saturated rings. The molecule has 4 nitrogen and oxygen atoms in total. The molecule has 1 aromatic carbocycles. The Hall–Kier alpha value is -1.73. The Balaban J connectivity index is 1.77. The smallest absolute Gasteiger partial charge is 0.126 e. The van der Waals surface area contributed by atoms with Gasteiger partial charge in [-0.2, -0.15) is 5.26 Å². The second-order valence-electron chi connectivity index (χ2n) is 5.57. The van der Waals surface area contributed by atoms with Gasteiger partial charge in [-0.25, -0.2) is 0 Å². The molecule has 0 radical (unpaired) electrons. The van der Waals surface area contributed by atoms with Gasteiger partial charge in [0, 0.05) is 36.9 Å². The normalized spacial score (nSPS) is 24.4. The summed E-state index contributed by atoms with van der Waals surface area (Å²) in [6.45, 7) is 3.91. The molecule has 0 aromatic heterocycles. The molecule has 4 heteroatoms. The molecule has 2 heterocycles. The van der Waals surface area contributed by atoms with Crippen LogP contribution in [0.3, 0.4) is 0 Å². The zero-order chi connectivity index (χ0) is 13.9. The van der Waals surface area contributed by atoms with Crippen molar-refractivity contribution in [3.63, 3.8) is 0 Å². The second-order valence-corrected chi connectivity index (χ2v) is 5.57. The first-order valence-corrected chi connectivity index (χ1v) is 7.22. The maximum Gasteiger partial charge on any atom is 0.126 e. The molecule has 106 valence electrons. The number of likely N-dealkylation sites (tertiary alicyclic amines) is 1. The molecule has 0 bridgehead atoms. The van der Waals surface area contributed by atoms with Gasteiger partial charge in [-0.1, -0.05) is 6.07 Å². The third-order valence-electron chi connectivity index (χ3n) is 4.35. The molecule has 3 rings (SSSR count). The summed E-state index contributed by atoms with van der Waals surface area (Å²) in [5.74, 6) is 2.96. The van der Waals surface area contributed by atoms with Gasteiger partial charge >= 0.3 is 0 Å². The minimum Gasteiger partial charge on any atom is -0.496 e. The lowest BCUT2D eigenvalue weighted by Crippen LogP contribution is -2.25. The molecule has 0 unspecified atom stereocenters. The number of fused-ring (bicyclic) bond motifs is 3. The molecule has 1 aromatic rings. The number of methoxy groups -OCH3 is 1. The number of unbranched alkanes of at least 4 members (excludes halogenated alkanes) is 1. The second kappa shape index (κ2) is 5.72. The fourth-order valence-electron chi connectivity index (χ4n) is 3.41. The van der Waals surface area contributed by atoms with Crippen molar-refractivity contribution in [3.8, 4) is 17.6 Å². The Kier molecular flexibility index (Phi) is 3.79. The van der Waals surface area contributed by atoms with E-state index in [-0.39, 0.29) is 0 Å². The molecule has 2 atom stereocenters. The highest BCUT2D eigenvalue weighted by Crippen LogP contribution is 2.45. The summed E-state index contributed by atoms with van der Waals surface area (Å²) in [6.07, 6.45) is 1.60. The van der Waals surface area contributed by atoms with E-state index in [1.807, 2.05) is 18.2 Å². The number of hydrogen-bond donors (Lipinski definition) is 0. The molecule has 0 N–H and O–H groups in total. The van der Waals surface area contributed by atoms with Crippen LogP contribution in [0.25, 0.3) is 0 Å². The van der Waals surface area contributed by atoms with Crippen LogP contribution in [0.1, 0.15) is 24.3 Å². The summed E-state index contributed by atoms with van der Waals surface area (Å²) >= 11 is 0. The van der Waals surface area contributed by atoms with Crippen molar-refractivity contribution in [2.75, 3.05) is 33.4 Å². The van der Waals surface area contributed by atoms with Crippen LogP contribution in [0, 0.1) is 17.2 Å². The van der Waals surface area contributed by atoms with Gasteiger partial charge in [0.1, 0.15) is 11.5 Å². The van der Waals surface area contributed by atoms with E-state index in [0.29, 0.717) is 18.3 Å². The SMILES string of the molecule is COc1cccc2c1[C@H]1CN(CCCC#N)C[C@@H]1CO2. The average Bonchev–Trinajstić information content (AvgIpc) is 2.89. The highest BCUT2D eigenvalue weighted by atomic mass is 16.5. The predicted octanol–water partition coefficient (Wildman–Crippen LogP) is 2.41. The number of benzene rings is 1. The minimum atomic E-state index is 0.497. The quantitative estimate of drug-likeness (QED) is 0.790. The van der Waals surface area contributed by atoms with E-state index in [9.17, 15) is 0 Å². The Labute approximate surface area is 119 Å². The van der Waals surface area contributed by atoms with E-state index in [4.69, 9.17) is 14.7 Å². The van der Waals surface area contributed by atoms with Crippen LogP contribution in [0.15, 0.2) is 18.2 Å². The zero-order valence-corrected chi connectivity index (χ0v) is 11.8. The van der Waals surface area contributed by atoms with Crippen molar-refractivity contribution >= 4 is 0 Å². The summed E-state index contributed by atoms with van der Waals surface area (Å²) in [6, 6.07) is 8.25. The van der Waals surface area contributed by atoms with E-state index in [1.54, 1.807) is 7.11 Å². The van der Waals surface area contributed by atoms with Gasteiger partial charge in [-0.05, 0) is 25.1 Å². The molecular weight excluding hydrogens is 252 g/mol. The molecular formula is C16H20N2O2. The topological polar surface area (TPSA) is 45.5 Å². The molecule has 0 amide bonds. The number of nitriles is 1. The van der Waals surface area contributed by atoms with E-state index in [2.05, 4.69) is 11.0 Å². The van der Waals surface area contributed by atoms with Gasteiger partial charge in [-0.15, -0.1) is 0 Å². The van der Waals surface area contributed by atoms with E-state index >= 15 is 0 Å². The lowest BCUT2D eigenvalue weighted by Gasteiger charge is -2.29. The fourth-order valence-corrected chi connectivity index (χ4v) is 3.41. The van der Waals surface area contributed by atoms with Crippen LogP contribution in [-0.2, 0) is 0 Å². The Morgan fingerprint density at radius 1 is 1.45 bits per heavy atom. The van der Waals surface area contributed by atoms with Crippen LogP contribution in [0.2, 0.25) is 0 Å². The van der Waals surface area contributed by atoms with Gasteiger partial charge in [0.25, 0.3) is 0 Å². The first kappa shape index (κ1) is 13.3. The molecule has 0 aliphatic carbocycles. The standard InChI is InChI=1S/C16H20N2O2/c1-19-14-5-4-6-15-16(14)13-10-18(8-3-2-7-17)9-12(13)11-20-15/h4-6,12-13H,2-3,8-11H2,1H3/t12-,13+/m1/s1. The van der Waals surface area contributed by atoms with Crippen molar-refractivity contribution in [1.29, 1.82) is 5.26 Å². The zero-order valence-electron chi connectivity index (χ0n) is 11.8. The van der Waals surface area contributed by atoms with Gasteiger partial charge in [-0.3, -0.25) is 0 Å². The molecule has 2 aliphatic rings. The number of rotatable bonds is 4. The van der Waals surface area contributed by atoms with Crippen LogP contribution < -0.4 is 9.47 Å². The van der Waals surface area contributed by atoms with Crippen molar-refractivity contribution < 1.29 is 9.47 Å². The summed E-state index contributed by atoms with van der Waals surface area (Å²) in [5.41, 5.74) is 1.23. The molecule has 20 heavy (non-hydrogen) atoms. The molecule has 2 aliphatic heterocycles. The minimum absolute atomic E-state index is 0.497. The van der Waals surface area contributed by atoms with Crippen molar-refractivity contribution in [2.45, 2.75) is 18.8 Å². The van der Waals surface area contributed by atoms with Crippen molar-refractivity contribution in [3.05, 3.63) is 23.8 Å². The summed E-state index contributed by atoms with van der Waals surface area (Å²) in [4.78, 5) is 2.46. The third kappa shape index (κ3) is 2.34.